The number of ether oxygens (including phenoxy) is 1. The highest BCUT2D eigenvalue weighted by atomic mass is 16.5. The molecule has 28 heavy (non-hydrogen) atoms. The van der Waals surface area contributed by atoms with Crippen LogP contribution in [0.4, 0.5) is 0 Å². The van der Waals surface area contributed by atoms with Crippen LogP contribution in [0.2, 0.25) is 0 Å². The maximum Gasteiger partial charge on any atom is 0.200 e. The molecule has 0 aliphatic heterocycles. The zero-order valence-electron chi connectivity index (χ0n) is 15.8. The number of aromatic nitrogens is 2. The highest BCUT2D eigenvalue weighted by Gasteiger charge is 2.09. The number of aryl methyl sites for hydroxylation is 2. The van der Waals surface area contributed by atoms with Gasteiger partial charge in [-0.25, -0.2) is 4.98 Å². The van der Waals surface area contributed by atoms with Gasteiger partial charge >= 0.3 is 0 Å². The molecule has 4 heteroatoms. The van der Waals surface area contributed by atoms with Crippen molar-refractivity contribution in [3.8, 4) is 17.0 Å². The van der Waals surface area contributed by atoms with E-state index in [1.807, 2.05) is 80.6 Å². The number of ketones is 1. The van der Waals surface area contributed by atoms with Crippen LogP contribution in [-0.2, 0) is 0 Å². The average Bonchev–Trinajstić information content (AvgIpc) is 2.74. The molecule has 0 radical (unpaired) electrons. The van der Waals surface area contributed by atoms with Crippen molar-refractivity contribution < 1.29 is 9.53 Å². The quantitative estimate of drug-likeness (QED) is 0.456. The molecule has 1 aromatic heterocycles. The summed E-state index contributed by atoms with van der Waals surface area (Å²) in [5, 5.41) is 0. The van der Waals surface area contributed by atoms with Gasteiger partial charge in [0.25, 0.3) is 0 Å². The highest BCUT2D eigenvalue weighted by molar-refractivity contribution is 5.97. The van der Waals surface area contributed by atoms with E-state index >= 15 is 0 Å². The van der Waals surface area contributed by atoms with Crippen molar-refractivity contribution in [2.45, 2.75) is 13.8 Å². The molecular weight excluding hydrogens is 348 g/mol. The number of rotatable bonds is 5. The SMILES string of the molecule is Cc1ccc(C(=O)COc2ccc(-c3cnc4ccccc4n3)cc2)cc1C. The number of carbonyl (C=O) groups is 1. The second-order valence-electron chi connectivity index (χ2n) is 6.78. The fourth-order valence-electron chi connectivity index (χ4n) is 2.97. The molecule has 4 rings (SSSR count). The van der Waals surface area contributed by atoms with Crippen LogP contribution in [0.3, 0.4) is 0 Å². The summed E-state index contributed by atoms with van der Waals surface area (Å²) in [5.74, 6) is 0.613. The minimum atomic E-state index is -0.0347. The van der Waals surface area contributed by atoms with E-state index in [0.29, 0.717) is 11.3 Å². The van der Waals surface area contributed by atoms with Crippen LogP contribution in [0.5, 0.6) is 5.75 Å². The van der Waals surface area contributed by atoms with Crippen molar-refractivity contribution in [3.63, 3.8) is 0 Å². The predicted octanol–water partition coefficient (Wildman–Crippen LogP) is 5.18. The molecule has 0 aliphatic rings. The van der Waals surface area contributed by atoms with Crippen molar-refractivity contribution in [2.75, 3.05) is 6.61 Å². The minimum absolute atomic E-state index is 0.0115. The van der Waals surface area contributed by atoms with Gasteiger partial charge in [0.1, 0.15) is 5.75 Å². The Morgan fingerprint density at radius 2 is 1.64 bits per heavy atom. The molecule has 0 fully saturated rings. The Morgan fingerprint density at radius 1 is 0.893 bits per heavy atom. The molecule has 0 bridgehead atoms. The van der Waals surface area contributed by atoms with Gasteiger partial charge in [0.05, 0.1) is 22.9 Å². The molecule has 3 aromatic carbocycles. The number of hydrogen-bond acceptors (Lipinski definition) is 4. The molecule has 0 amide bonds. The molecular formula is C24H20N2O2. The lowest BCUT2D eigenvalue weighted by Gasteiger charge is -2.08. The lowest BCUT2D eigenvalue weighted by molar-refractivity contribution is 0.0921. The normalized spacial score (nSPS) is 10.8. The number of para-hydroxylation sites is 2. The van der Waals surface area contributed by atoms with Gasteiger partial charge in [-0.3, -0.25) is 9.78 Å². The maximum absolute atomic E-state index is 12.4. The van der Waals surface area contributed by atoms with Crippen LogP contribution < -0.4 is 4.74 Å². The van der Waals surface area contributed by atoms with Crippen LogP contribution in [0.25, 0.3) is 22.3 Å². The Hall–Kier alpha value is -3.53. The van der Waals surface area contributed by atoms with Crippen LogP contribution in [-0.4, -0.2) is 22.4 Å². The van der Waals surface area contributed by atoms with Gasteiger partial charge < -0.3 is 4.74 Å². The third-order valence-electron chi connectivity index (χ3n) is 4.80. The Balaban J connectivity index is 1.45. The van der Waals surface area contributed by atoms with E-state index in [0.717, 1.165) is 27.9 Å². The monoisotopic (exact) mass is 368 g/mol. The fourth-order valence-corrected chi connectivity index (χ4v) is 2.97. The van der Waals surface area contributed by atoms with Crippen LogP contribution in [0, 0.1) is 13.8 Å². The first kappa shape index (κ1) is 17.9. The molecule has 0 saturated carbocycles. The summed E-state index contributed by atoms with van der Waals surface area (Å²) in [5.41, 5.74) is 6.43. The van der Waals surface area contributed by atoms with E-state index in [1.165, 1.54) is 5.56 Å². The predicted molar refractivity (Wildman–Crippen MR) is 111 cm³/mol. The van der Waals surface area contributed by atoms with Gasteiger partial charge in [0.15, 0.2) is 12.4 Å². The number of carbonyl (C=O) groups excluding carboxylic acids is 1. The second-order valence-corrected chi connectivity index (χ2v) is 6.78. The molecule has 0 atom stereocenters. The third-order valence-corrected chi connectivity index (χ3v) is 4.80. The maximum atomic E-state index is 12.4. The summed E-state index contributed by atoms with van der Waals surface area (Å²) in [6.45, 7) is 4.04. The summed E-state index contributed by atoms with van der Waals surface area (Å²) in [6.07, 6.45) is 1.77. The Kier molecular flexibility index (Phi) is 4.85. The summed E-state index contributed by atoms with van der Waals surface area (Å²) in [6, 6.07) is 21.0. The van der Waals surface area contributed by atoms with Crippen LogP contribution in [0.15, 0.2) is 72.9 Å². The lowest BCUT2D eigenvalue weighted by Crippen LogP contribution is -2.11. The summed E-state index contributed by atoms with van der Waals surface area (Å²) in [4.78, 5) is 21.4. The smallest absolute Gasteiger partial charge is 0.200 e. The van der Waals surface area contributed by atoms with Gasteiger partial charge in [-0.2, -0.15) is 0 Å². The zero-order valence-corrected chi connectivity index (χ0v) is 15.8. The van der Waals surface area contributed by atoms with E-state index in [9.17, 15) is 4.79 Å². The van der Waals surface area contributed by atoms with Gasteiger partial charge in [0, 0.05) is 11.1 Å². The van der Waals surface area contributed by atoms with Gasteiger partial charge in [-0.1, -0.05) is 24.3 Å². The zero-order chi connectivity index (χ0) is 19.5. The van der Waals surface area contributed by atoms with Gasteiger partial charge in [0.2, 0.25) is 0 Å². The first-order valence-corrected chi connectivity index (χ1v) is 9.15. The van der Waals surface area contributed by atoms with Crippen molar-refractivity contribution in [3.05, 3.63) is 89.6 Å². The standard InChI is InChI=1S/C24H20N2O2/c1-16-7-8-19(13-17(16)2)24(27)15-28-20-11-9-18(10-12-20)23-14-25-21-5-3-4-6-22(21)26-23/h3-14H,15H2,1-2H3. The Labute approximate surface area is 163 Å². The van der Waals surface area contributed by atoms with Crippen molar-refractivity contribution in [1.29, 1.82) is 0 Å². The summed E-state index contributed by atoms with van der Waals surface area (Å²) in [7, 11) is 0. The molecule has 0 unspecified atom stereocenters. The largest absolute Gasteiger partial charge is 0.485 e. The Bertz CT molecular complexity index is 1150. The molecule has 0 spiro atoms. The van der Waals surface area contributed by atoms with E-state index in [-0.39, 0.29) is 12.4 Å². The van der Waals surface area contributed by atoms with Gasteiger partial charge in [-0.15, -0.1) is 0 Å². The molecule has 4 nitrogen and oxygen atoms in total. The van der Waals surface area contributed by atoms with E-state index in [1.54, 1.807) is 6.20 Å². The summed E-state index contributed by atoms with van der Waals surface area (Å²) < 4.78 is 5.67. The summed E-state index contributed by atoms with van der Waals surface area (Å²) >= 11 is 0. The minimum Gasteiger partial charge on any atom is -0.485 e. The second kappa shape index (κ2) is 7.61. The van der Waals surface area contributed by atoms with Crippen molar-refractivity contribution in [1.82, 2.24) is 9.97 Å². The van der Waals surface area contributed by atoms with Crippen molar-refractivity contribution >= 4 is 16.8 Å². The van der Waals surface area contributed by atoms with Crippen LogP contribution in [0.1, 0.15) is 21.5 Å². The topological polar surface area (TPSA) is 52.1 Å². The van der Waals surface area contributed by atoms with E-state index in [2.05, 4.69) is 9.97 Å². The van der Waals surface area contributed by atoms with Crippen molar-refractivity contribution in [2.24, 2.45) is 0 Å². The molecule has 4 aromatic rings. The first-order valence-electron chi connectivity index (χ1n) is 9.15. The average molecular weight is 368 g/mol. The number of fused-ring (bicyclic) bond motifs is 1. The molecule has 138 valence electrons. The number of hydrogen-bond donors (Lipinski definition) is 0. The number of nitrogens with zero attached hydrogens (tertiary/aromatic N) is 2. The van der Waals surface area contributed by atoms with Gasteiger partial charge in [-0.05, 0) is 67.4 Å². The highest BCUT2D eigenvalue weighted by Crippen LogP contribution is 2.22. The molecule has 0 N–H and O–H groups in total. The lowest BCUT2D eigenvalue weighted by atomic mass is 10.0. The molecule has 1 heterocycles. The first-order chi connectivity index (χ1) is 13.6. The number of benzene rings is 3. The van der Waals surface area contributed by atoms with E-state index < -0.39 is 0 Å². The molecule has 0 saturated heterocycles. The molecule has 0 aliphatic carbocycles. The Morgan fingerprint density at radius 3 is 2.39 bits per heavy atom. The van der Waals surface area contributed by atoms with E-state index in [4.69, 9.17) is 4.74 Å². The fraction of sp³-hybridized carbons (Fsp3) is 0.125. The number of Topliss-reactive ketones (excluding diaryl/α,β-unsaturated/α-hetero) is 1. The third kappa shape index (κ3) is 3.76. The van der Waals surface area contributed by atoms with Crippen LogP contribution >= 0.6 is 0 Å².